The number of aromatic nitrogens is 3. The number of amides is 1. The number of pyridine rings is 1. The van der Waals surface area contributed by atoms with E-state index in [1.807, 2.05) is 0 Å². The summed E-state index contributed by atoms with van der Waals surface area (Å²) in [5, 5.41) is 0.455. The van der Waals surface area contributed by atoms with Crippen LogP contribution in [0.15, 0.2) is 48.9 Å². The third-order valence-corrected chi connectivity index (χ3v) is 3.81. The molecule has 6 nitrogen and oxygen atoms in total. The van der Waals surface area contributed by atoms with Crippen LogP contribution in [-0.2, 0) is 6.42 Å². The Bertz CT molecular complexity index is 968. The molecular weight excluding hydrogens is 378 g/mol. The minimum absolute atomic E-state index is 0.0860. The maximum Gasteiger partial charge on any atom is 0.388 e. The summed E-state index contributed by atoms with van der Waals surface area (Å²) in [6, 6.07) is 8.40. The summed E-state index contributed by atoms with van der Waals surface area (Å²) >= 11 is 6.00. The average molecular weight is 391 g/mol. The summed E-state index contributed by atoms with van der Waals surface area (Å²) in [7, 11) is 0. The summed E-state index contributed by atoms with van der Waals surface area (Å²) < 4.78 is 29.9. The van der Waals surface area contributed by atoms with Gasteiger partial charge in [0.15, 0.2) is 0 Å². The second-order valence-electron chi connectivity index (χ2n) is 5.54. The van der Waals surface area contributed by atoms with Crippen LogP contribution >= 0.6 is 11.6 Å². The molecule has 0 aliphatic carbocycles. The third-order valence-electron chi connectivity index (χ3n) is 3.58. The Morgan fingerprint density at radius 3 is 2.44 bits per heavy atom. The van der Waals surface area contributed by atoms with Crippen LogP contribution in [0, 0.1) is 0 Å². The van der Waals surface area contributed by atoms with E-state index in [1.54, 1.807) is 30.3 Å². The lowest BCUT2D eigenvalue weighted by Gasteiger charge is -2.12. The van der Waals surface area contributed by atoms with E-state index in [9.17, 15) is 13.6 Å². The van der Waals surface area contributed by atoms with E-state index in [1.165, 1.54) is 18.6 Å². The van der Waals surface area contributed by atoms with Crippen LogP contribution in [0.5, 0.6) is 5.88 Å². The molecule has 0 saturated carbocycles. The van der Waals surface area contributed by atoms with Crippen molar-refractivity contribution < 1.29 is 18.3 Å². The monoisotopic (exact) mass is 390 g/mol. The summed E-state index contributed by atoms with van der Waals surface area (Å²) in [6.07, 6.45) is 4.73. The van der Waals surface area contributed by atoms with E-state index in [4.69, 9.17) is 17.3 Å². The molecule has 0 bridgehead atoms. The molecule has 2 N–H and O–H groups in total. The molecule has 0 aliphatic rings. The van der Waals surface area contributed by atoms with Gasteiger partial charge >= 0.3 is 6.61 Å². The lowest BCUT2D eigenvalue weighted by Crippen LogP contribution is -2.15. The molecule has 3 rings (SSSR count). The van der Waals surface area contributed by atoms with Crippen LogP contribution in [0.2, 0.25) is 5.02 Å². The maximum absolute atomic E-state index is 12.7. The second-order valence-corrected chi connectivity index (χ2v) is 5.98. The van der Waals surface area contributed by atoms with Crippen molar-refractivity contribution >= 4 is 17.5 Å². The number of ether oxygens (including phenoxy) is 1. The molecule has 0 radical (unpaired) electrons. The maximum atomic E-state index is 12.7. The molecule has 3 aromatic rings. The van der Waals surface area contributed by atoms with Gasteiger partial charge in [0.05, 0.1) is 0 Å². The molecule has 0 unspecified atom stereocenters. The smallest absolute Gasteiger partial charge is 0.388 e. The van der Waals surface area contributed by atoms with Crippen molar-refractivity contribution in [3.8, 4) is 17.0 Å². The van der Waals surface area contributed by atoms with Gasteiger partial charge in [-0.3, -0.25) is 4.79 Å². The topological polar surface area (TPSA) is 91.0 Å². The van der Waals surface area contributed by atoms with Crippen molar-refractivity contribution in [2.24, 2.45) is 5.73 Å². The Kier molecular flexibility index (Phi) is 5.56. The highest BCUT2D eigenvalue weighted by molar-refractivity contribution is 6.30. The first kappa shape index (κ1) is 18.7. The molecule has 2 aromatic heterocycles. The molecule has 0 atom stereocenters. The van der Waals surface area contributed by atoms with E-state index in [2.05, 4.69) is 19.7 Å². The fourth-order valence-electron chi connectivity index (χ4n) is 2.44. The number of nitrogens with zero attached hydrogens (tertiary/aromatic N) is 3. The van der Waals surface area contributed by atoms with Crippen molar-refractivity contribution in [1.82, 2.24) is 15.0 Å². The SMILES string of the molecule is NC(=O)c1ncc(Cc2cnc(OC(F)F)c(-c3cccc(Cl)c3)c2)cn1. The van der Waals surface area contributed by atoms with Crippen LogP contribution in [0.4, 0.5) is 8.78 Å². The summed E-state index contributed by atoms with van der Waals surface area (Å²) in [5.41, 5.74) is 7.49. The van der Waals surface area contributed by atoms with Gasteiger partial charge in [-0.05, 0) is 34.9 Å². The van der Waals surface area contributed by atoms with E-state index < -0.39 is 12.5 Å². The van der Waals surface area contributed by atoms with Gasteiger partial charge in [-0.2, -0.15) is 8.78 Å². The summed E-state index contributed by atoms with van der Waals surface area (Å²) in [6.45, 7) is -3.00. The first-order valence-electron chi connectivity index (χ1n) is 7.73. The van der Waals surface area contributed by atoms with E-state index in [-0.39, 0.29) is 11.7 Å². The Balaban J connectivity index is 1.95. The number of carbonyl (C=O) groups is 1. The molecular formula is C18H13ClF2N4O2. The average Bonchev–Trinajstić information content (AvgIpc) is 2.63. The number of rotatable bonds is 6. The molecule has 9 heteroatoms. The molecule has 1 aromatic carbocycles. The first-order valence-corrected chi connectivity index (χ1v) is 8.10. The Labute approximate surface area is 158 Å². The van der Waals surface area contributed by atoms with Crippen molar-refractivity contribution in [2.45, 2.75) is 13.0 Å². The highest BCUT2D eigenvalue weighted by Crippen LogP contribution is 2.32. The van der Waals surface area contributed by atoms with Gasteiger partial charge in [0.1, 0.15) is 0 Å². The highest BCUT2D eigenvalue weighted by Gasteiger charge is 2.15. The number of nitrogens with two attached hydrogens (primary N) is 1. The van der Waals surface area contributed by atoms with E-state index >= 15 is 0 Å². The zero-order valence-electron chi connectivity index (χ0n) is 13.8. The Morgan fingerprint density at radius 2 is 1.81 bits per heavy atom. The Hall–Kier alpha value is -3.13. The zero-order chi connectivity index (χ0) is 19.4. The number of carbonyl (C=O) groups excluding carboxylic acids is 1. The summed E-state index contributed by atoms with van der Waals surface area (Å²) in [4.78, 5) is 22.8. The van der Waals surface area contributed by atoms with E-state index in [0.717, 1.165) is 0 Å². The minimum Gasteiger partial charge on any atom is -0.416 e. The van der Waals surface area contributed by atoms with Crippen molar-refractivity contribution in [3.63, 3.8) is 0 Å². The van der Waals surface area contributed by atoms with Crippen LogP contribution in [0.3, 0.4) is 0 Å². The zero-order valence-corrected chi connectivity index (χ0v) is 14.5. The fourth-order valence-corrected chi connectivity index (χ4v) is 2.63. The molecule has 1 amide bonds. The van der Waals surface area contributed by atoms with Gasteiger partial charge < -0.3 is 10.5 Å². The van der Waals surface area contributed by atoms with Crippen molar-refractivity contribution in [3.05, 3.63) is 70.9 Å². The first-order chi connectivity index (χ1) is 12.9. The number of benzene rings is 1. The molecule has 0 spiro atoms. The van der Waals surface area contributed by atoms with Crippen LogP contribution in [0.1, 0.15) is 21.7 Å². The highest BCUT2D eigenvalue weighted by atomic mass is 35.5. The molecule has 0 saturated heterocycles. The Morgan fingerprint density at radius 1 is 1.11 bits per heavy atom. The van der Waals surface area contributed by atoms with Gasteiger partial charge in [0.25, 0.3) is 5.91 Å². The van der Waals surface area contributed by atoms with Crippen LogP contribution in [0.25, 0.3) is 11.1 Å². The lowest BCUT2D eigenvalue weighted by atomic mass is 10.0. The lowest BCUT2D eigenvalue weighted by molar-refractivity contribution is -0.0524. The number of hydrogen-bond acceptors (Lipinski definition) is 5. The van der Waals surface area contributed by atoms with E-state index in [0.29, 0.717) is 33.7 Å². The van der Waals surface area contributed by atoms with Gasteiger partial charge in [-0.1, -0.05) is 23.7 Å². The summed E-state index contributed by atoms with van der Waals surface area (Å²) in [5.74, 6) is -1.01. The van der Waals surface area contributed by atoms with Gasteiger partial charge in [0, 0.05) is 35.6 Å². The molecule has 27 heavy (non-hydrogen) atoms. The van der Waals surface area contributed by atoms with Crippen LogP contribution in [-0.4, -0.2) is 27.5 Å². The number of hydrogen-bond donors (Lipinski definition) is 1. The van der Waals surface area contributed by atoms with Gasteiger partial charge in [-0.25, -0.2) is 15.0 Å². The predicted molar refractivity (Wildman–Crippen MR) is 94.7 cm³/mol. The van der Waals surface area contributed by atoms with Crippen LogP contribution < -0.4 is 10.5 Å². The standard InChI is InChI=1S/C18H13ClF2N4O2/c19-13-3-1-2-12(6-13)14-5-10(7-25-17(14)27-18(20)21)4-11-8-23-16(15(22)26)24-9-11/h1-3,5-9,18H,4H2,(H2,22,26). The second kappa shape index (κ2) is 8.05. The quantitative estimate of drug-likeness (QED) is 0.695. The normalized spacial score (nSPS) is 10.8. The van der Waals surface area contributed by atoms with Crippen molar-refractivity contribution in [1.29, 1.82) is 0 Å². The largest absolute Gasteiger partial charge is 0.416 e. The number of alkyl halides is 2. The van der Waals surface area contributed by atoms with Gasteiger partial charge in [-0.15, -0.1) is 0 Å². The van der Waals surface area contributed by atoms with Gasteiger partial charge in [0.2, 0.25) is 11.7 Å². The molecule has 2 heterocycles. The molecule has 138 valence electrons. The fraction of sp³-hybridized carbons (Fsp3) is 0.111. The molecule has 0 aliphatic heterocycles. The minimum atomic E-state index is -3.00. The molecule has 0 fully saturated rings. The third kappa shape index (κ3) is 4.73. The van der Waals surface area contributed by atoms with Crippen molar-refractivity contribution in [2.75, 3.05) is 0 Å². The number of primary amides is 1. The number of halogens is 3. The predicted octanol–water partition coefficient (Wildman–Crippen LogP) is 3.48.